The smallest absolute Gasteiger partial charge is 0.213 e. The number of nitrogens with one attached hydrogen (secondary N) is 1. The van der Waals surface area contributed by atoms with Gasteiger partial charge in [-0.2, -0.15) is 0 Å². The number of rotatable bonds is 6. The molecular weight excluding hydrogens is 246 g/mol. The molecule has 0 saturated carbocycles. The Morgan fingerprint density at radius 1 is 1.37 bits per heavy atom. The number of aryl methyl sites for hydroxylation is 2. The fourth-order valence-corrected chi connectivity index (χ4v) is 1.67. The predicted octanol–water partition coefficient (Wildman–Crippen LogP) is 1.67. The van der Waals surface area contributed by atoms with Crippen LogP contribution in [0.25, 0.3) is 0 Å². The van der Waals surface area contributed by atoms with Gasteiger partial charge in [-0.3, -0.25) is 0 Å². The second-order valence-corrected chi connectivity index (χ2v) is 4.11. The number of nitrogens with zero attached hydrogens (tertiary/aromatic N) is 2. The second-order valence-electron chi connectivity index (χ2n) is 4.11. The zero-order valence-electron chi connectivity index (χ0n) is 11.0. The molecule has 6 nitrogen and oxygen atoms in total. The second kappa shape index (κ2) is 6.19. The van der Waals surface area contributed by atoms with E-state index < -0.39 is 0 Å². The Balaban J connectivity index is 1.93. The highest BCUT2D eigenvalue weighted by molar-refractivity contribution is 5.43. The van der Waals surface area contributed by atoms with Gasteiger partial charge in [0.25, 0.3) is 0 Å². The molecule has 0 radical (unpaired) electrons. The Morgan fingerprint density at radius 3 is 2.79 bits per heavy atom. The average molecular weight is 263 g/mol. The Hall–Kier alpha value is -2.08. The van der Waals surface area contributed by atoms with Crippen molar-refractivity contribution in [1.29, 1.82) is 0 Å². The van der Waals surface area contributed by atoms with Crippen LogP contribution in [0.4, 0.5) is 5.69 Å². The number of anilines is 1. The van der Waals surface area contributed by atoms with E-state index in [4.69, 9.17) is 14.4 Å². The summed E-state index contributed by atoms with van der Waals surface area (Å²) in [5.74, 6) is 1.32. The summed E-state index contributed by atoms with van der Waals surface area (Å²) in [4.78, 5) is 4.13. The molecule has 0 aliphatic heterocycles. The summed E-state index contributed by atoms with van der Waals surface area (Å²) in [6, 6.07) is 3.63. The number of aromatic nitrogens is 2. The van der Waals surface area contributed by atoms with Crippen molar-refractivity contribution in [2.24, 2.45) is 0 Å². The molecule has 102 valence electrons. The lowest BCUT2D eigenvalue weighted by atomic mass is 10.2. The highest BCUT2D eigenvalue weighted by Gasteiger charge is 2.08. The van der Waals surface area contributed by atoms with Crippen molar-refractivity contribution in [3.63, 3.8) is 0 Å². The van der Waals surface area contributed by atoms with Gasteiger partial charge in [0.2, 0.25) is 5.88 Å². The Labute approximate surface area is 111 Å². The predicted molar refractivity (Wildman–Crippen MR) is 70.1 cm³/mol. The molecule has 2 aromatic rings. The van der Waals surface area contributed by atoms with Crippen molar-refractivity contribution in [2.45, 2.75) is 20.4 Å². The molecule has 0 aliphatic rings. The monoisotopic (exact) mass is 263 g/mol. The van der Waals surface area contributed by atoms with Gasteiger partial charge in [-0.1, -0.05) is 5.16 Å². The molecule has 0 bridgehead atoms. The SMILES string of the molecule is Cc1noc(C)c1CNc1ccc(OCCO)nc1. The van der Waals surface area contributed by atoms with Crippen LogP contribution < -0.4 is 10.1 Å². The zero-order valence-corrected chi connectivity index (χ0v) is 11.0. The topological polar surface area (TPSA) is 80.4 Å². The van der Waals surface area contributed by atoms with E-state index in [1.807, 2.05) is 19.9 Å². The Kier molecular flexibility index (Phi) is 4.35. The first kappa shape index (κ1) is 13.4. The minimum absolute atomic E-state index is 0.0201. The summed E-state index contributed by atoms with van der Waals surface area (Å²) in [5, 5.41) is 15.8. The van der Waals surface area contributed by atoms with E-state index in [1.165, 1.54) is 0 Å². The van der Waals surface area contributed by atoms with E-state index in [0.29, 0.717) is 12.4 Å². The molecule has 19 heavy (non-hydrogen) atoms. The number of aliphatic hydroxyl groups is 1. The first-order valence-electron chi connectivity index (χ1n) is 6.06. The molecule has 0 amide bonds. The molecule has 0 atom stereocenters. The van der Waals surface area contributed by atoms with Crippen LogP contribution in [0, 0.1) is 13.8 Å². The molecule has 0 aromatic carbocycles. The molecule has 0 saturated heterocycles. The van der Waals surface area contributed by atoms with Gasteiger partial charge in [0.1, 0.15) is 12.4 Å². The number of hydrogen-bond acceptors (Lipinski definition) is 6. The summed E-state index contributed by atoms with van der Waals surface area (Å²) < 4.78 is 10.3. The van der Waals surface area contributed by atoms with Gasteiger partial charge in [-0.15, -0.1) is 0 Å². The van der Waals surface area contributed by atoms with Gasteiger partial charge < -0.3 is 19.7 Å². The zero-order chi connectivity index (χ0) is 13.7. The third-order valence-corrected chi connectivity index (χ3v) is 2.73. The maximum atomic E-state index is 8.64. The lowest BCUT2D eigenvalue weighted by Crippen LogP contribution is -2.04. The number of aliphatic hydroxyl groups excluding tert-OH is 1. The number of ether oxygens (including phenoxy) is 1. The lowest BCUT2D eigenvalue weighted by molar-refractivity contribution is 0.196. The number of pyridine rings is 1. The van der Waals surface area contributed by atoms with Crippen molar-refractivity contribution in [3.05, 3.63) is 35.3 Å². The first-order valence-corrected chi connectivity index (χ1v) is 6.06. The van der Waals surface area contributed by atoms with Crippen LogP contribution in [0.3, 0.4) is 0 Å². The standard InChI is InChI=1S/C13H17N3O3/c1-9-12(10(2)19-16-9)8-14-11-3-4-13(15-7-11)18-6-5-17/h3-4,7,14,17H,5-6,8H2,1-2H3. The third-order valence-electron chi connectivity index (χ3n) is 2.73. The van der Waals surface area contributed by atoms with Gasteiger partial charge in [0.15, 0.2) is 0 Å². The normalized spacial score (nSPS) is 10.5. The molecule has 2 rings (SSSR count). The van der Waals surface area contributed by atoms with Crippen molar-refractivity contribution in [3.8, 4) is 5.88 Å². The van der Waals surface area contributed by atoms with E-state index >= 15 is 0 Å². The van der Waals surface area contributed by atoms with Gasteiger partial charge in [-0.05, 0) is 19.9 Å². The van der Waals surface area contributed by atoms with Gasteiger partial charge in [0.05, 0.1) is 24.2 Å². The summed E-state index contributed by atoms with van der Waals surface area (Å²) in [6.07, 6.45) is 1.69. The average Bonchev–Trinajstić information content (AvgIpc) is 2.75. The molecule has 2 aromatic heterocycles. The molecule has 0 fully saturated rings. The minimum Gasteiger partial charge on any atom is -0.475 e. The highest BCUT2D eigenvalue weighted by Crippen LogP contribution is 2.16. The molecule has 0 spiro atoms. The van der Waals surface area contributed by atoms with E-state index in [1.54, 1.807) is 12.3 Å². The van der Waals surface area contributed by atoms with Crippen molar-refractivity contribution >= 4 is 5.69 Å². The van der Waals surface area contributed by atoms with Gasteiger partial charge >= 0.3 is 0 Å². The Bertz CT molecular complexity index is 503. The summed E-state index contributed by atoms with van der Waals surface area (Å²) in [6.45, 7) is 4.67. The van der Waals surface area contributed by atoms with Crippen LogP contribution in [0.5, 0.6) is 5.88 Å². The quantitative estimate of drug-likeness (QED) is 0.825. The molecule has 2 heterocycles. The lowest BCUT2D eigenvalue weighted by Gasteiger charge is -2.07. The Morgan fingerprint density at radius 2 is 2.21 bits per heavy atom. The van der Waals surface area contributed by atoms with E-state index in [9.17, 15) is 0 Å². The molecule has 0 unspecified atom stereocenters. The third kappa shape index (κ3) is 3.45. The van der Waals surface area contributed by atoms with Crippen molar-refractivity contribution in [2.75, 3.05) is 18.5 Å². The van der Waals surface area contributed by atoms with Crippen molar-refractivity contribution < 1.29 is 14.4 Å². The fraction of sp³-hybridized carbons (Fsp3) is 0.385. The largest absolute Gasteiger partial charge is 0.475 e. The summed E-state index contributed by atoms with van der Waals surface area (Å²) in [5.41, 5.74) is 2.83. The maximum absolute atomic E-state index is 8.64. The first-order chi connectivity index (χ1) is 9.20. The highest BCUT2D eigenvalue weighted by atomic mass is 16.5. The van der Waals surface area contributed by atoms with Crippen LogP contribution in [0.1, 0.15) is 17.0 Å². The molecular formula is C13H17N3O3. The van der Waals surface area contributed by atoms with Crippen LogP contribution in [-0.2, 0) is 6.54 Å². The molecule has 6 heteroatoms. The maximum Gasteiger partial charge on any atom is 0.213 e. The van der Waals surface area contributed by atoms with Gasteiger partial charge in [-0.25, -0.2) is 4.98 Å². The van der Waals surface area contributed by atoms with E-state index in [2.05, 4.69) is 15.5 Å². The number of hydrogen-bond donors (Lipinski definition) is 2. The van der Waals surface area contributed by atoms with Crippen LogP contribution in [0.2, 0.25) is 0 Å². The molecule has 2 N–H and O–H groups in total. The van der Waals surface area contributed by atoms with Crippen molar-refractivity contribution in [1.82, 2.24) is 10.1 Å². The van der Waals surface area contributed by atoms with Crippen LogP contribution in [-0.4, -0.2) is 28.5 Å². The van der Waals surface area contributed by atoms with Gasteiger partial charge in [0, 0.05) is 18.2 Å². The molecule has 0 aliphatic carbocycles. The fourth-order valence-electron chi connectivity index (χ4n) is 1.67. The minimum atomic E-state index is -0.0201. The van der Waals surface area contributed by atoms with Crippen LogP contribution in [0.15, 0.2) is 22.9 Å². The summed E-state index contributed by atoms with van der Waals surface area (Å²) >= 11 is 0. The van der Waals surface area contributed by atoms with E-state index in [0.717, 1.165) is 22.7 Å². The van der Waals surface area contributed by atoms with E-state index in [-0.39, 0.29) is 13.2 Å². The van der Waals surface area contributed by atoms with Crippen LogP contribution >= 0.6 is 0 Å². The summed E-state index contributed by atoms with van der Waals surface area (Å²) in [7, 11) is 0.